The van der Waals surface area contributed by atoms with Crippen LogP contribution in [0.25, 0.3) is 6.08 Å². The van der Waals surface area contributed by atoms with Gasteiger partial charge in [-0.25, -0.2) is 0 Å². The highest BCUT2D eigenvalue weighted by molar-refractivity contribution is 5.98. The fourth-order valence-electron chi connectivity index (χ4n) is 3.40. The van der Waals surface area contributed by atoms with Gasteiger partial charge in [0, 0.05) is 23.2 Å². The zero-order chi connectivity index (χ0) is 21.3. The van der Waals surface area contributed by atoms with E-state index in [1.54, 1.807) is 30.3 Å². The Hall–Kier alpha value is -3.41. The Morgan fingerprint density at radius 1 is 0.867 bits per heavy atom. The van der Waals surface area contributed by atoms with Crippen LogP contribution in [0.1, 0.15) is 53.6 Å². The molecule has 0 atom stereocenters. The van der Waals surface area contributed by atoms with Gasteiger partial charge in [0.15, 0.2) is 0 Å². The summed E-state index contributed by atoms with van der Waals surface area (Å²) < 4.78 is 0. The summed E-state index contributed by atoms with van der Waals surface area (Å²) in [5.41, 5.74) is 7.82. The molecule has 0 radical (unpaired) electrons. The van der Waals surface area contributed by atoms with Gasteiger partial charge in [0.05, 0.1) is 0 Å². The number of rotatable bonds is 5. The first-order valence-electron chi connectivity index (χ1n) is 10.3. The predicted molar refractivity (Wildman–Crippen MR) is 117 cm³/mol. The summed E-state index contributed by atoms with van der Waals surface area (Å²) in [6.07, 6.45) is 8.30. The molecule has 0 unspecified atom stereocenters. The minimum Gasteiger partial charge on any atom is -0.326 e. The van der Waals surface area contributed by atoms with Crippen LogP contribution in [-0.4, -0.2) is 17.7 Å². The van der Waals surface area contributed by atoms with Crippen molar-refractivity contribution in [3.8, 4) is 0 Å². The van der Waals surface area contributed by atoms with E-state index in [1.807, 2.05) is 31.2 Å². The summed E-state index contributed by atoms with van der Waals surface area (Å²) in [6.45, 7) is 1.99. The highest BCUT2D eigenvalue weighted by Gasteiger charge is 2.21. The van der Waals surface area contributed by atoms with Crippen molar-refractivity contribution in [1.29, 1.82) is 0 Å². The molecule has 1 aliphatic rings. The quantitative estimate of drug-likeness (QED) is 0.519. The predicted octanol–water partition coefficient (Wildman–Crippen LogP) is 3.99. The maximum Gasteiger partial charge on any atom is 0.269 e. The van der Waals surface area contributed by atoms with Gasteiger partial charge in [-0.2, -0.15) is 0 Å². The van der Waals surface area contributed by atoms with Gasteiger partial charge in [-0.05, 0) is 55.7 Å². The summed E-state index contributed by atoms with van der Waals surface area (Å²) in [5, 5.41) is 2.91. The number of aryl methyl sites for hydroxylation is 1. The molecule has 3 N–H and O–H groups in total. The second kappa shape index (κ2) is 10.4. The molecule has 0 aliphatic heterocycles. The van der Waals surface area contributed by atoms with Crippen molar-refractivity contribution in [1.82, 2.24) is 10.9 Å². The second-order valence-corrected chi connectivity index (χ2v) is 7.59. The molecule has 0 bridgehead atoms. The maximum absolute atomic E-state index is 12.3. The molecular weight excluding hydrogens is 378 g/mol. The van der Waals surface area contributed by atoms with Crippen LogP contribution >= 0.6 is 0 Å². The molecule has 2 aromatic carbocycles. The number of nitrogens with one attached hydrogen (secondary N) is 3. The molecule has 0 saturated heterocycles. The molecule has 1 saturated carbocycles. The zero-order valence-corrected chi connectivity index (χ0v) is 17.1. The third kappa shape index (κ3) is 6.30. The average molecular weight is 405 g/mol. The van der Waals surface area contributed by atoms with Gasteiger partial charge in [0.2, 0.25) is 5.91 Å². The molecule has 1 fully saturated rings. The molecule has 0 heterocycles. The van der Waals surface area contributed by atoms with Crippen LogP contribution in [0.2, 0.25) is 0 Å². The number of amides is 3. The van der Waals surface area contributed by atoms with Crippen molar-refractivity contribution >= 4 is 29.5 Å². The summed E-state index contributed by atoms with van der Waals surface area (Å²) in [6, 6.07) is 14.3. The molecule has 156 valence electrons. The fourth-order valence-corrected chi connectivity index (χ4v) is 3.40. The van der Waals surface area contributed by atoms with Crippen LogP contribution in [-0.2, 0) is 9.59 Å². The topological polar surface area (TPSA) is 87.3 Å². The molecule has 3 amide bonds. The number of carbonyl (C=O) groups excluding carboxylic acids is 3. The molecule has 3 rings (SSSR count). The Bertz CT molecular complexity index is 912. The molecule has 2 aromatic rings. The van der Waals surface area contributed by atoms with Crippen LogP contribution in [0, 0.1) is 12.8 Å². The largest absolute Gasteiger partial charge is 0.326 e. The normalized spacial score (nSPS) is 14.3. The monoisotopic (exact) mass is 405 g/mol. The number of benzene rings is 2. The van der Waals surface area contributed by atoms with Gasteiger partial charge in [-0.3, -0.25) is 25.2 Å². The number of hydrogen-bond donors (Lipinski definition) is 3. The van der Waals surface area contributed by atoms with Crippen molar-refractivity contribution in [3.63, 3.8) is 0 Å². The van der Waals surface area contributed by atoms with Crippen LogP contribution < -0.4 is 16.2 Å². The second-order valence-electron chi connectivity index (χ2n) is 7.59. The van der Waals surface area contributed by atoms with Crippen LogP contribution in [0.3, 0.4) is 0 Å². The third-order valence-electron chi connectivity index (χ3n) is 5.19. The van der Waals surface area contributed by atoms with E-state index in [2.05, 4.69) is 16.2 Å². The van der Waals surface area contributed by atoms with Crippen LogP contribution in [0.4, 0.5) is 5.69 Å². The lowest BCUT2D eigenvalue weighted by atomic mass is 9.88. The Balaban J connectivity index is 1.46. The first-order valence-corrected chi connectivity index (χ1v) is 10.3. The zero-order valence-electron chi connectivity index (χ0n) is 17.1. The van der Waals surface area contributed by atoms with Gasteiger partial charge in [-0.1, -0.05) is 49.1 Å². The number of hydrazine groups is 1. The number of hydrogen-bond acceptors (Lipinski definition) is 3. The lowest BCUT2D eigenvalue weighted by molar-refractivity contribution is -0.120. The molecule has 6 heteroatoms. The third-order valence-corrected chi connectivity index (χ3v) is 5.19. The molecule has 0 spiro atoms. The first-order chi connectivity index (χ1) is 14.5. The standard InChI is InChI=1S/C24H27N3O3/c1-17-7-9-18(10-8-17)11-16-22(28)26-27-24(30)20-12-14-21(15-13-20)25-23(29)19-5-3-2-4-6-19/h7-16,19H,2-6H2,1H3,(H,25,29)(H,26,28)(H,27,30). The number of carbonyl (C=O) groups is 3. The lowest BCUT2D eigenvalue weighted by Crippen LogP contribution is -2.40. The molecule has 30 heavy (non-hydrogen) atoms. The van der Waals surface area contributed by atoms with Crippen molar-refractivity contribution < 1.29 is 14.4 Å². The minimum absolute atomic E-state index is 0.0412. The molecule has 1 aliphatic carbocycles. The molecule has 6 nitrogen and oxygen atoms in total. The Labute approximate surface area is 176 Å². The highest BCUT2D eigenvalue weighted by atomic mass is 16.2. The van der Waals surface area contributed by atoms with Gasteiger partial charge >= 0.3 is 0 Å². The summed E-state index contributed by atoms with van der Waals surface area (Å²) in [5.74, 6) is -0.748. The van der Waals surface area contributed by atoms with Crippen LogP contribution in [0.15, 0.2) is 54.6 Å². The van der Waals surface area contributed by atoms with Crippen molar-refractivity contribution in [2.45, 2.75) is 39.0 Å². The smallest absolute Gasteiger partial charge is 0.269 e. The molecular formula is C24H27N3O3. The van der Waals surface area contributed by atoms with E-state index in [9.17, 15) is 14.4 Å². The van der Waals surface area contributed by atoms with Crippen molar-refractivity contribution in [2.24, 2.45) is 5.92 Å². The van der Waals surface area contributed by atoms with E-state index in [-0.39, 0.29) is 11.8 Å². The Morgan fingerprint density at radius 2 is 1.53 bits per heavy atom. The van der Waals surface area contributed by atoms with Crippen molar-refractivity contribution in [3.05, 3.63) is 71.3 Å². The van der Waals surface area contributed by atoms with Gasteiger partial charge in [0.1, 0.15) is 0 Å². The van der Waals surface area contributed by atoms with E-state index in [4.69, 9.17) is 0 Å². The average Bonchev–Trinajstić information content (AvgIpc) is 2.78. The van der Waals surface area contributed by atoms with E-state index >= 15 is 0 Å². The van der Waals surface area contributed by atoms with E-state index in [0.717, 1.165) is 36.8 Å². The summed E-state index contributed by atoms with van der Waals surface area (Å²) in [4.78, 5) is 36.4. The highest BCUT2D eigenvalue weighted by Crippen LogP contribution is 2.25. The van der Waals surface area contributed by atoms with Gasteiger partial charge in [-0.15, -0.1) is 0 Å². The number of anilines is 1. The van der Waals surface area contributed by atoms with E-state index < -0.39 is 11.8 Å². The van der Waals surface area contributed by atoms with Gasteiger partial charge < -0.3 is 5.32 Å². The van der Waals surface area contributed by atoms with E-state index in [1.165, 1.54) is 12.5 Å². The van der Waals surface area contributed by atoms with Gasteiger partial charge in [0.25, 0.3) is 11.8 Å². The summed E-state index contributed by atoms with van der Waals surface area (Å²) >= 11 is 0. The minimum atomic E-state index is -0.433. The molecule has 0 aromatic heterocycles. The summed E-state index contributed by atoms with van der Waals surface area (Å²) in [7, 11) is 0. The first kappa shape index (κ1) is 21.3. The SMILES string of the molecule is Cc1ccc(C=CC(=O)NNC(=O)c2ccc(NC(=O)C3CCCCC3)cc2)cc1. The van der Waals surface area contributed by atoms with E-state index in [0.29, 0.717) is 11.3 Å². The Morgan fingerprint density at radius 3 is 2.20 bits per heavy atom. The van der Waals surface area contributed by atoms with Crippen LogP contribution in [0.5, 0.6) is 0 Å². The maximum atomic E-state index is 12.3. The lowest BCUT2D eigenvalue weighted by Gasteiger charge is -2.20. The Kier molecular flexibility index (Phi) is 7.38. The fraction of sp³-hybridized carbons (Fsp3) is 0.292. The van der Waals surface area contributed by atoms with Crippen molar-refractivity contribution in [2.75, 3.05) is 5.32 Å².